The maximum absolute atomic E-state index is 12.1. The first-order chi connectivity index (χ1) is 8.59. The van der Waals surface area contributed by atoms with Crippen LogP contribution in [0.5, 0.6) is 0 Å². The van der Waals surface area contributed by atoms with Gasteiger partial charge in [0.1, 0.15) is 0 Å². The van der Waals surface area contributed by atoms with Crippen LogP contribution in [-0.4, -0.2) is 39.9 Å². The zero-order valence-corrected chi connectivity index (χ0v) is 10.1. The molecule has 0 radical (unpaired) electrons. The lowest BCUT2D eigenvalue weighted by molar-refractivity contribution is 0.0725. The van der Waals surface area contributed by atoms with Crippen LogP contribution in [0.3, 0.4) is 0 Å². The molecule has 1 aromatic carbocycles. The van der Waals surface area contributed by atoms with Crippen LogP contribution < -0.4 is 5.32 Å². The van der Waals surface area contributed by atoms with Crippen LogP contribution in [0.25, 0.3) is 10.9 Å². The highest BCUT2D eigenvalue weighted by atomic mass is 16.3. The summed E-state index contributed by atoms with van der Waals surface area (Å²) in [5, 5.41) is 21.8. The molecule has 2 rings (SSSR count). The van der Waals surface area contributed by atoms with Crippen molar-refractivity contribution in [2.24, 2.45) is 0 Å². The summed E-state index contributed by atoms with van der Waals surface area (Å²) in [5.74, 6) is -0.314. The fraction of sp³-hybridized carbons (Fsp3) is 0.308. The van der Waals surface area contributed by atoms with E-state index in [1.165, 1.54) is 0 Å². The largest absolute Gasteiger partial charge is 0.394 e. The second kappa shape index (κ2) is 4.80. The molecule has 0 aliphatic rings. The smallest absolute Gasteiger partial charge is 0.252 e. The van der Waals surface area contributed by atoms with Crippen molar-refractivity contribution in [3.63, 3.8) is 0 Å². The number of fused-ring (bicyclic) bond motifs is 1. The molecule has 5 nitrogen and oxygen atoms in total. The molecule has 1 amide bonds. The molecule has 0 spiro atoms. The molecule has 0 saturated heterocycles. The van der Waals surface area contributed by atoms with Gasteiger partial charge in [-0.3, -0.25) is 4.79 Å². The minimum atomic E-state index is -1.02. The number of aromatic nitrogens is 1. The first-order valence-corrected chi connectivity index (χ1v) is 5.70. The summed E-state index contributed by atoms with van der Waals surface area (Å²) in [4.78, 5) is 15.2. The van der Waals surface area contributed by atoms with E-state index in [0.29, 0.717) is 5.56 Å². The van der Waals surface area contributed by atoms with Gasteiger partial charge in [-0.25, -0.2) is 0 Å². The van der Waals surface area contributed by atoms with E-state index in [0.717, 1.165) is 10.9 Å². The number of H-pyrrole nitrogens is 1. The normalized spacial score (nSPS) is 11.7. The minimum Gasteiger partial charge on any atom is -0.394 e. The summed E-state index contributed by atoms with van der Waals surface area (Å²) >= 11 is 0. The Morgan fingerprint density at radius 3 is 2.72 bits per heavy atom. The number of nitrogens with one attached hydrogen (secondary N) is 2. The molecule has 5 heteroatoms. The minimum absolute atomic E-state index is 0.314. The van der Waals surface area contributed by atoms with Gasteiger partial charge in [-0.1, -0.05) is 6.07 Å². The summed E-state index contributed by atoms with van der Waals surface area (Å²) in [7, 11) is 0. The molecule has 18 heavy (non-hydrogen) atoms. The van der Waals surface area contributed by atoms with E-state index in [2.05, 4.69) is 10.3 Å². The number of amides is 1. The Bertz CT molecular complexity index is 558. The van der Waals surface area contributed by atoms with Crippen LogP contribution in [0, 0.1) is 0 Å². The van der Waals surface area contributed by atoms with Gasteiger partial charge in [0.15, 0.2) is 0 Å². The molecule has 0 aliphatic heterocycles. The zero-order chi connectivity index (χ0) is 13.2. The first kappa shape index (κ1) is 12.6. The number of carbonyl (C=O) groups is 1. The predicted octanol–water partition coefficient (Wildman–Crippen LogP) is 0.641. The number of carbonyl (C=O) groups excluding carboxylic acids is 1. The van der Waals surface area contributed by atoms with Gasteiger partial charge < -0.3 is 20.5 Å². The van der Waals surface area contributed by atoms with Crippen LogP contribution in [0.15, 0.2) is 30.5 Å². The monoisotopic (exact) mass is 248 g/mol. The van der Waals surface area contributed by atoms with Crippen LogP contribution in [0.4, 0.5) is 0 Å². The average Bonchev–Trinajstić information content (AvgIpc) is 2.86. The van der Waals surface area contributed by atoms with Crippen molar-refractivity contribution in [3.05, 3.63) is 36.0 Å². The topological polar surface area (TPSA) is 85.3 Å². The van der Waals surface area contributed by atoms with Gasteiger partial charge in [0.25, 0.3) is 5.91 Å². The van der Waals surface area contributed by atoms with Crippen molar-refractivity contribution in [2.75, 3.05) is 13.2 Å². The van der Waals surface area contributed by atoms with Gasteiger partial charge in [-0.15, -0.1) is 0 Å². The van der Waals surface area contributed by atoms with E-state index in [4.69, 9.17) is 0 Å². The third kappa shape index (κ3) is 2.23. The van der Waals surface area contributed by atoms with Crippen molar-refractivity contribution in [1.82, 2.24) is 10.3 Å². The second-order valence-electron chi connectivity index (χ2n) is 4.58. The Balaban J connectivity index is 2.31. The average molecular weight is 248 g/mol. The van der Waals surface area contributed by atoms with Gasteiger partial charge in [0.2, 0.25) is 0 Å². The van der Waals surface area contributed by atoms with E-state index in [1.54, 1.807) is 25.3 Å². The zero-order valence-electron chi connectivity index (χ0n) is 10.1. The van der Waals surface area contributed by atoms with Crippen molar-refractivity contribution >= 4 is 16.8 Å². The number of rotatable bonds is 4. The third-order valence-electron chi connectivity index (χ3n) is 2.95. The Hall–Kier alpha value is -1.85. The number of hydrogen-bond donors (Lipinski definition) is 4. The summed E-state index contributed by atoms with van der Waals surface area (Å²) < 4.78 is 0. The molecule has 0 bridgehead atoms. The molecule has 0 saturated carbocycles. The molecule has 0 unspecified atom stereocenters. The lowest BCUT2D eigenvalue weighted by atomic mass is 10.0. The number of aliphatic hydroxyl groups excluding tert-OH is 2. The Labute approximate surface area is 104 Å². The fourth-order valence-electron chi connectivity index (χ4n) is 1.75. The lowest BCUT2D eigenvalue weighted by Gasteiger charge is -2.26. The SMILES string of the molecule is CC(CO)(CO)NC(=O)c1cccc2[nH]ccc12. The number of aromatic amines is 1. The standard InChI is InChI=1S/C13H16N2O3/c1-13(7-16,8-17)15-12(18)10-3-2-4-11-9(10)5-6-14-11/h2-6,14,16-17H,7-8H2,1H3,(H,15,18). The van der Waals surface area contributed by atoms with E-state index in [1.807, 2.05) is 12.1 Å². The molecule has 0 fully saturated rings. The maximum atomic E-state index is 12.1. The van der Waals surface area contributed by atoms with Gasteiger partial charge in [0, 0.05) is 22.7 Å². The predicted molar refractivity (Wildman–Crippen MR) is 68.3 cm³/mol. The van der Waals surface area contributed by atoms with Crippen LogP contribution in [0.1, 0.15) is 17.3 Å². The van der Waals surface area contributed by atoms with Gasteiger partial charge in [-0.05, 0) is 25.1 Å². The maximum Gasteiger partial charge on any atom is 0.252 e. The number of aliphatic hydroxyl groups is 2. The molecule has 0 atom stereocenters. The summed E-state index contributed by atoms with van der Waals surface area (Å²) in [6.45, 7) is 0.943. The summed E-state index contributed by atoms with van der Waals surface area (Å²) in [6, 6.07) is 7.19. The van der Waals surface area contributed by atoms with Crippen molar-refractivity contribution in [2.45, 2.75) is 12.5 Å². The lowest BCUT2D eigenvalue weighted by Crippen LogP contribution is -2.51. The van der Waals surface area contributed by atoms with E-state index < -0.39 is 5.54 Å². The number of hydrogen-bond acceptors (Lipinski definition) is 3. The van der Waals surface area contributed by atoms with E-state index in [9.17, 15) is 15.0 Å². The molecule has 2 aromatic rings. The molecule has 1 aromatic heterocycles. The summed E-state index contributed by atoms with van der Waals surface area (Å²) in [5.41, 5.74) is 0.370. The Morgan fingerprint density at radius 2 is 2.06 bits per heavy atom. The first-order valence-electron chi connectivity index (χ1n) is 5.70. The van der Waals surface area contributed by atoms with Crippen LogP contribution in [0.2, 0.25) is 0 Å². The highest BCUT2D eigenvalue weighted by molar-refractivity contribution is 6.06. The highest BCUT2D eigenvalue weighted by Crippen LogP contribution is 2.18. The van der Waals surface area contributed by atoms with Crippen molar-refractivity contribution < 1.29 is 15.0 Å². The molecule has 96 valence electrons. The Morgan fingerprint density at radius 1 is 1.33 bits per heavy atom. The number of benzene rings is 1. The molecular formula is C13H16N2O3. The van der Waals surface area contributed by atoms with Gasteiger partial charge >= 0.3 is 0 Å². The van der Waals surface area contributed by atoms with Crippen LogP contribution >= 0.6 is 0 Å². The highest BCUT2D eigenvalue weighted by Gasteiger charge is 2.25. The summed E-state index contributed by atoms with van der Waals surface area (Å²) in [6.07, 6.45) is 1.76. The molecule has 0 aliphatic carbocycles. The Kier molecular flexibility index (Phi) is 3.36. The fourth-order valence-corrected chi connectivity index (χ4v) is 1.75. The van der Waals surface area contributed by atoms with E-state index >= 15 is 0 Å². The van der Waals surface area contributed by atoms with Crippen molar-refractivity contribution in [3.8, 4) is 0 Å². The molecule has 4 N–H and O–H groups in total. The van der Waals surface area contributed by atoms with Crippen LogP contribution in [-0.2, 0) is 0 Å². The quantitative estimate of drug-likeness (QED) is 0.640. The molecular weight excluding hydrogens is 232 g/mol. The van der Waals surface area contributed by atoms with Crippen molar-refractivity contribution in [1.29, 1.82) is 0 Å². The third-order valence-corrected chi connectivity index (χ3v) is 2.95. The second-order valence-corrected chi connectivity index (χ2v) is 4.58. The van der Waals surface area contributed by atoms with Gasteiger partial charge in [-0.2, -0.15) is 0 Å². The van der Waals surface area contributed by atoms with Gasteiger partial charge in [0.05, 0.1) is 18.8 Å². The molecule has 1 heterocycles. The van der Waals surface area contributed by atoms with E-state index in [-0.39, 0.29) is 19.1 Å².